The second-order valence-electron chi connectivity index (χ2n) is 21.6. The topological polar surface area (TPSA) is 26.8 Å². The van der Waals surface area contributed by atoms with Gasteiger partial charge in [-0.3, -0.25) is 4.57 Å². The second-order valence-corrected chi connectivity index (χ2v) is 21.6. The van der Waals surface area contributed by atoms with Crippen LogP contribution in [-0.4, -0.2) is 9.13 Å². The second kappa shape index (κ2) is 16.6. The van der Waals surface area contributed by atoms with Crippen molar-refractivity contribution in [3.63, 3.8) is 0 Å². The van der Waals surface area contributed by atoms with Gasteiger partial charge in [0.25, 0.3) is 12.1 Å². The Morgan fingerprint density at radius 1 is 0.538 bits per heavy atom. The third kappa shape index (κ3) is 8.73. The maximum Gasteiger partial charge on any atom is 0.285 e. The van der Waals surface area contributed by atoms with Crippen molar-refractivity contribution in [2.75, 3.05) is 0 Å². The van der Waals surface area contributed by atoms with Gasteiger partial charge in [0.2, 0.25) is 0 Å². The van der Waals surface area contributed by atoms with E-state index in [1.54, 1.807) is 0 Å². The average molecular weight is 1040 g/mol. The van der Waals surface area contributed by atoms with Crippen LogP contribution in [0.25, 0.3) is 61.2 Å². The van der Waals surface area contributed by atoms with Crippen molar-refractivity contribution < 1.29 is 34.9 Å². The summed E-state index contributed by atoms with van der Waals surface area (Å²) in [5, 5.41) is 2.27. The Bertz CT molecular complexity index is 3220. The Labute approximate surface area is 400 Å². The third-order valence-corrected chi connectivity index (χ3v) is 12.6. The molecule has 0 radical (unpaired) electrons. The minimum absolute atomic E-state index is 0. The molecule has 0 amide bonds. The minimum atomic E-state index is -0.0439. The number of rotatable bonds is 6. The quantitative estimate of drug-likeness (QED) is 0.120. The van der Waals surface area contributed by atoms with Gasteiger partial charge in [-0.2, -0.15) is 18.2 Å². The number of fused-ring (bicyclic) bond motifs is 4. The van der Waals surface area contributed by atoms with Crippen LogP contribution >= 0.6 is 0 Å². The van der Waals surface area contributed by atoms with Crippen molar-refractivity contribution >= 4 is 32.8 Å². The number of aryl methyl sites for hydroxylation is 1. The smallest absolute Gasteiger partial charge is 0.285 e. The first-order chi connectivity index (χ1) is 30.1. The average Bonchev–Trinajstić information content (AvgIpc) is 3.79. The molecule has 5 nitrogen and oxygen atoms in total. The molecule has 0 unspecified atom stereocenters. The summed E-state index contributed by atoms with van der Waals surface area (Å²) in [6.07, 6.45) is 5.88. The molecule has 0 atom stereocenters. The van der Waals surface area contributed by atoms with Gasteiger partial charge in [-0.1, -0.05) is 161 Å². The van der Waals surface area contributed by atoms with E-state index < -0.39 is 0 Å². The van der Waals surface area contributed by atoms with Crippen LogP contribution in [0.4, 0.5) is 0 Å². The van der Waals surface area contributed by atoms with Crippen LogP contribution < -0.4 is 13.9 Å². The number of aromatic nitrogens is 4. The zero-order valence-corrected chi connectivity index (χ0v) is 42.5. The summed E-state index contributed by atoms with van der Waals surface area (Å²) in [5.74, 6) is 2.25. The van der Waals surface area contributed by atoms with E-state index in [9.17, 15) is 0 Å². The Kier molecular flexibility index (Phi) is 11.7. The van der Waals surface area contributed by atoms with E-state index in [-0.39, 0.29) is 42.7 Å². The fraction of sp³-hybridized carbons (Fsp3) is 0.288. The fourth-order valence-electron chi connectivity index (χ4n) is 8.78. The van der Waals surface area contributed by atoms with Gasteiger partial charge < -0.3 is 9.30 Å². The van der Waals surface area contributed by atoms with E-state index in [0.29, 0.717) is 11.5 Å². The molecule has 0 bridgehead atoms. The van der Waals surface area contributed by atoms with Crippen LogP contribution in [0.1, 0.15) is 105 Å². The van der Waals surface area contributed by atoms with Gasteiger partial charge in [0.05, 0.1) is 30.0 Å². The van der Waals surface area contributed by atoms with Gasteiger partial charge in [-0.15, -0.1) is 18.2 Å². The molecule has 334 valence electrons. The molecule has 0 saturated heterocycles. The summed E-state index contributed by atoms with van der Waals surface area (Å²) in [4.78, 5) is 0. The van der Waals surface area contributed by atoms with Gasteiger partial charge in [0, 0.05) is 44.1 Å². The van der Waals surface area contributed by atoms with Crippen molar-refractivity contribution in [2.45, 2.75) is 105 Å². The number of hydrogen-bond donors (Lipinski definition) is 0. The number of hydrogen-bond acceptors (Lipinski definition) is 1. The van der Waals surface area contributed by atoms with Crippen molar-refractivity contribution in [1.29, 1.82) is 0 Å². The molecule has 65 heavy (non-hydrogen) atoms. The first-order valence-electron chi connectivity index (χ1n) is 22.6. The van der Waals surface area contributed by atoms with Gasteiger partial charge in [0.15, 0.2) is 0 Å². The molecule has 9 rings (SSSR count). The fourth-order valence-corrected chi connectivity index (χ4v) is 8.78. The van der Waals surface area contributed by atoms with Gasteiger partial charge in [0.1, 0.15) is 5.52 Å². The van der Waals surface area contributed by atoms with E-state index >= 15 is 0 Å². The summed E-state index contributed by atoms with van der Waals surface area (Å²) < 4.78 is 15.5. The molecule has 9 aromatic rings. The van der Waals surface area contributed by atoms with E-state index in [0.717, 1.165) is 50.0 Å². The molecular weight excluding hydrogens is 976 g/mol. The van der Waals surface area contributed by atoms with E-state index in [4.69, 9.17) is 4.74 Å². The summed E-state index contributed by atoms with van der Waals surface area (Å²) in [5.41, 5.74) is 13.7. The number of imidazole rings is 1. The Balaban J connectivity index is 0.00000576. The molecular formula is C59H61N4OPt-. The molecule has 3 heterocycles. The van der Waals surface area contributed by atoms with Crippen LogP contribution in [-0.2, 0) is 49.8 Å². The maximum atomic E-state index is 6.70. The van der Waals surface area contributed by atoms with Gasteiger partial charge >= 0.3 is 0 Å². The van der Waals surface area contributed by atoms with Crippen LogP contribution in [0, 0.1) is 18.5 Å². The van der Waals surface area contributed by atoms with Crippen molar-refractivity contribution in [1.82, 2.24) is 9.13 Å². The largest absolute Gasteiger partial charge is 0.510 e. The zero-order chi connectivity index (χ0) is 45.5. The number of para-hydroxylation sites is 3. The molecule has 0 aliphatic heterocycles. The monoisotopic (exact) mass is 1040 g/mol. The van der Waals surface area contributed by atoms with Crippen molar-refractivity contribution in [2.24, 2.45) is 7.05 Å². The van der Waals surface area contributed by atoms with Gasteiger partial charge in [-0.25, -0.2) is 9.13 Å². The van der Waals surface area contributed by atoms with E-state index in [2.05, 4.69) is 242 Å². The summed E-state index contributed by atoms with van der Waals surface area (Å²) in [6.45, 7) is 27.4. The molecule has 0 fully saturated rings. The molecule has 6 aromatic carbocycles. The molecule has 0 saturated carbocycles. The van der Waals surface area contributed by atoms with Crippen LogP contribution in [0.5, 0.6) is 11.5 Å². The maximum absolute atomic E-state index is 6.70. The zero-order valence-electron chi connectivity index (χ0n) is 40.2. The third-order valence-electron chi connectivity index (χ3n) is 12.6. The summed E-state index contributed by atoms with van der Waals surface area (Å²) >= 11 is 0. The number of nitrogens with zero attached hydrogens (tertiary/aromatic N) is 4. The number of ether oxygens (including phenoxy) is 1. The summed E-state index contributed by atoms with van der Waals surface area (Å²) in [6, 6.07) is 53.1. The molecule has 6 heteroatoms. The molecule has 0 aliphatic rings. The first-order valence-corrected chi connectivity index (χ1v) is 22.6. The Hall–Kier alpha value is -5.77. The number of pyridine rings is 1. The van der Waals surface area contributed by atoms with Crippen LogP contribution in [0.3, 0.4) is 0 Å². The Morgan fingerprint density at radius 3 is 1.86 bits per heavy atom. The molecule has 0 spiro atoms. The van der Waals surface area contributed by atoms with E-state index in [1.165, 1.54) is 33.4 Å². The van der Waals surface area contributed by atoms with Crippen LogP contribution in [0.2, 0.25) is 0 Å². The number of benzene rings is 6. The first kappa shape index (κ1) is 45.8. The normalized spacial score (nSPS) is 12.6. The standard InChI is InChI=1S/C59H61N4O.Pt/c1-56(2,3)40-25-27-47(50(35-40)59(10,11)12)39-29-30-60(13)55(31-39)63-51-22-15-14-21-48(51)49-28-26-46(37-54(49)63)64-45-20-18-19-43(36-45)61-38-62(53-24-17-16-23-52(53)61)44-33-41(57(4,5)6)32-42(34-44)58(7,8)9;/h14-35H,1-13H3;/q-1;. The van der Waals surface area contributed by atoms with Gasteiger partial charge in [-0.05, 0) is 90.4 Å². The van der Waals surface area contributed by atoms with E-state index in [1.807, 2.05) is 18.2 Å². The molecule has 3 aromatic heterocycles. The predicted molar refractivity (Wildman–Crippen MR) is 264 cm³/mol. The molecule has 0 N–H and O–H groups in total. The minimum Gasteiger partial charge on any atom is -0.510 e. The van der Waals surface area contributed by atoms with Crippen LogP contribution in [0.15, 0.2) is 134 Å². The molecule has 0 aliphatic carbocycles. The SMILES string of the molecule is C[n+]1ccc(-c2ccc(C(C)(C)C)cc2C(C)(C)C)cc1-n1c2[c-]c(Oc3[c-]c(-n4[c-][n+](-c5cc(C(C)(C)C)cc(C(C)(C)C)c5)c5ccccc54)ccc3)ccc2c2ccccc21.[Pt]. The summed E-state index contributed by atoms with van der Waals surface area (Å²) in [7, 11) is 2.12. The Morgan fingerprint density at radius 2 is 1.18 bits per heavy atom. The predicted octanol–water partition coefficient (Wildman–Crippen LogP) is 13.9. The van der Waals surface area contributed by atoms with Crippen molar-refractivity contribution in [3.8, 4) is 39.8 Å². The van der Waals surface area contributed by atoms with Crippen molar-refractivity contribution in [3.05, 3.63) is 174 Å².